The maximum atomic E-state index is 13.1. The summed E-state index contributed by atoms with van der Waals surface area (Å²) in [5, 5.41) is 0. The molecule has 1 heterocycles. The van der Waals surface area contributed by atoms with Crippen molar-refractivity contribution in [2.45, 2.75) is 13.5 Å². The van der Waals surface area contributed by atoms with Crippen LogP contribution in [0.3, 0.4) is 0 Å². The van der Waals surface area contributed by atoms with Gasteiger partial charge in [-0.3, -0.25) is 0 Å². The summed E-state index contributed by atoms with van der Waals surface area (Å²) >= 11 is 3.50. The highest BCUT2D eigenvalue weighted by Crippen LogP contribution is 2.38. The van der Waals surface area contributed by atoms with Gasteiger partial charge in [-0.1, -0.05) is 30.3 Å². The van der Waals surface area contributed by atoms with Crippen LogP contribution in [0.5, 0.6) is 11.5 Å². The molecule has 0 bridgehead atoms. The second-order valence-electron chi connectivity index (χ2n) is 7.10. The number of hydrogen-bond acceptors (Lipinski definition) is 5. The Bertz CT molecular complexity index is 1240. The van der Waals surface area contributed by atoms with E-state index in [0.717, 1.165) is 16.7 Å². The van der Waals surface area contributed by atoms with E-state index in [4.69, 9.17) is 14.2 Å². The second kappa shape index (κ2) is 9.36. The average Bonchev–Trinajstić information content (AvgIpc) is 3.14. The Balaban J connectivity index is 1.59. The van der Waals surface area contributed by atoms with Crippen LogP contribution in [0.1, 0.15) is 22.3 Å². The van der Waals surface area contributed by atoms with Crippen LogP contribution in [-0.2, 0) is 16.1 Å². The van der Waals surface area contributed by atoms with E-state index in [0.29, 0.717) is 21.5 Å². The van der Waals surface area contributed by atoms with Crippen molar-refractivity contribution in [3.05, 3.63) is 98.9 Å². The first-order valence-corrected chi connectivity index (χ1v) is 10.6. The van der Waals surface area contributed by atoms with E-state index < -0.39 is 5.97 Å². The lowest BCUT2D eigenvalue weighted by atomic mass is 10.1. The van der Waals surface area contributed by atoms with Crippen molar-refractivity contribution < 1.29 is 23.4 Å². The molecule has 5 nitrogen and oxygen atoms in total. The monoisotopic (exact) mass is 495 g/mol. The molecule has 0 N–H and O–H groups in total. The van der Waals surface area contributed by atoms with Gasteiger partial charge in [-0.05, 0) is 76.0 Å². The summed E-state index contributed by atoms with van der Waals surface area (Å²) in [6, 6.07) is 17.2. The van der Waals surface area contributed by atoms with E-state index in [1.165, 1.54) is 19.2 Å². The summed E-state index contributed by atoms with van der Waals surface area (Å²) in [5.41, 5.74) is 3.43. The number of benzene rings is 3. The molecule has 3 aromatic carbocycles. The van der Waals surface area contributed by atoms with Crippen molar-refractivity contribution in [2.75, 3.05) is 7.11 Å². The van der Waals surface area contributed by atoms with Crippen LogP contribution in [0.4, 0.5) is 4.39 Å². The molecule has 0 aliphatic carbocycles. The number of carbonyl (C=O) groups excluding carboxylic acids is 1. The molecule has 0 atom stereocenters. The van der Waals surface area contributed by atoms with E-state index in [2.05, 4.69) is 20.9 Å². The number of esters is 1. The van der Waals surface area contributed by atoms with Gasteiger partial charge in [0.2, 0.25) is 5.90 Å². The first-order chi connectivity index (χ1) is 15.4. The molecule has 0 aromatic heterocycles. The summed E-state index contributed by atoms with van der Waals surface area (Å²) in [6.07, 6.45) is 1.63. The average molecular weight is 496 g/mol. The van der Waals surface area contributed by atoms with Crippen molar-refractivity contribution in [1.29, 1.82) is 0 Å². The molecule has 7 heteroatoms. The minimum Gasteiger partial charge on any atom is -0.493 e. The van der Waals surface area contributed by atoms with Gasteiger partial charge in [0, 0.05) is 5.56 Å². The van der Waals surface area contributed by atoms with Gasteiger partial charge in [0.15, 0.2) is 17.2 Å². The van der Waals surface area contributed by atoms with Gasteiger partial charge >= 0.3 is 5.97 Å². The normalized spacial score (nSPS) is 14.3. The van der Waals surface area contributed by atoms with E-state index in [9.17, 15) is 9.18 Å². The molecule has 0 saturated carbocycles. The molecule has 32 heavy (non-hydrogen) atoms. The quantitative estimate of drug-likeness (QED) is 0.319. The number of cyclic esters (lactones) is 1. The molecule has 162 valence electrons. The molecule has 0 radical (unpaired) electrons. The van der Waals surface area contributed by atoms with Crippen LogP contribution in [0.15, 0.2) is 75.8 Å². The lowest BCUT2D eigenvalue weighted by molar-refractivity contribution is -0.129. The van der Waals surface area contributed by atoms with Crippen LogP contribution < -0.4 is 9.47 Å². The zero-order chi connectivity index (χ0) is 22.7. The molecule has 3 aromatic rings. The largest absolute Gasteiger partial charge is 0.493 e. The van der Waals surface area contributed by atoms with Crippen LogP contribution in [0, 0.1) is 12.7 Å². The van der Waals surface area contributed by atoms with E-state index in [1.807, 2.05) is 31.2 Å². The Kier molecular flexibility index (Phi) is 6.37. The number of ether oxygens (including phenoxy) is 3. The van der Waals surface area contributed by atoms with Crippen molar-refractivity contribution in [2.24, 2.45) is 4.99 Å². The fourth-order valence-electron chi connectivity index (χ4n) is 3.19. The van der Waals surface area contributed by atoms with Crippen LogP contribution in [0.2, 0.25) is 0 Å². The Morgan fingerprint density at radius 2 is 1.88 bits per heavy atom. The number of aliphatic imine (C=N–C) groups is 1. The summed E-state index contributed by atoms with van der Waals surface area (Å²) < 4.78 is 30.5. The molecule has 0 fully saturated rings. The smallest absolute Gasteiger partial charge is 0.363 e. The number of hydrogen-bond donors (Lipinski definition) is 0. The summed E-state index contributed by atoms with van der Waals surface area (Å²) in [4.78, 5) is 16.7. The highest BCUT2D eigenvalue weighted by Gasteiger charge is 2.25. The summed E-state index contributed by atoms with van der Waals surface area (Å²) in [6.45, 7) is 2.17. The molecule has 1 aliphatic heterocycles. The topological polar surface area (TPSA) is 57.1 Å². The second-order valence-corrected chi connectivity index (χ2v) is 7.95. The number of halogens is 2. The predicted octanol–water partition coefficient (Wildman–Crippen LogP) is 5.83. The van der Waals surface area contributed by atoms with Gasteiger partial charge in [0.05, 0.1) is 11.6 Å². The minimum atomic E-state index is -0.519. The van der Waals surface area contributed by atoms with Crippen molar-refractivity contribution in [3.63, 3.8) is 0 Å². The highest BCUT2D eigenvalue weighted by molar-refractivity contribution is 9.10. The Labute approximate surface area is 193 Å². The Morgan fingerprint density at radius 1 is 1.12 bits per heavy atom. The number of methoxy groups -OCH3 is 1. The van der Waals surface area contributed by atoms with Gasteiger partial charge in [-0.25, -0.2) is 14.2 Å². The van der Waals surface area contributed by atoms with Gasteiger partial charge in [0.25, 0.3) is 0 Å². The van der Waals surface area contributed by atoms with Crippen molar-refractivity contribution >= 4 is 33.9 Å². The highest BCUT2D eigenvalue weighted by atomic mass is 79.9. The van der Waals surface area contributed by atoms with E-state index in [-0.39, 0.29) is 24.0 Å². The molecular weight excluding hydrogens is 477 g/mol. The van der Waals surface area contributed by atoms with Gasteiger partial charge in [0.1, 0.15) is 12.4 Å². The fraction of sp³-hybridized carbons (Fsp3) is 0.120. The molecule has 1 aliphatic rings. The molecule has 4 rings (SSSR count). The third-order valence-corrected chi connectivity index (χ3v) is 5.44. The number of carbonyl (C=O) groups is 1. The van der Waals surface area contributed by atoms with Crippen molar-refractivity contribution in [3.8, 4) is 11.5 Å². The third kappa shape index (κ3) is 4.73. The van der Waals surface area contributed by atoms with Crippen LogP contribution >= 0.6 is 15.9 Å². The molecule has 0 spiro atoms. The van der Waals surface area contributed by atoms with Gasteiger partial charge in [-0.15, -0.1) is 0 Å². The van der Waals surface area contributed by atoms with E-state index in [1.54, 1.807) is 30.3 Å². The zero-order valence-corrected chi connectivity index (χ0v) is 19.0. The van der Waals surface area contributed by atoms with Crippen LogP contribution in [0.25, 0.3) is 6.08 Å². The first kappa shape index (κ1) is 21.8. The van der Waals surface area contributed by atoms with E-state index >= 15 is 0 Å². The SMILES string of the molecule is COc1cc(/C=C2\N=C(c3ccccc3C)OC2=O)cc(Br)c1OCc1ccc(F)cc1. The lowest BCUT2D eigenvalue weighted by Gasteiger charge is -2.13. The maximum absolute atomic E-state index is 13.1. The minimum absolute atomic E-state index is 0.192. The maximum Gasteiger partial charge on any atom is 0.363 e. The first-order valence-electron chi connectivity index (χ1n) is 9.78. The standard InChI is InChI=1S/C25H19BrFNO4/c1-15-5-3-4-6-19(15)24-28-21(25(29)32-24)12-17-11-20(26)23(22(13-17)30-2)31-14-16-7-9-18(27)10-8-16/h3-13H,14H2,1-2H3/b21-12-. The molecule has 0 amide bonds. The van der Waals surface area contributed by atoms with Crippen molar-refractivity contribution in [1.82, 2.24) is 0 Å². The number of aryl methyl sites for hydroxylation is 1. The summed E-state index contributed by atoms with van der Waals surface area (Å²) in [7, 11) is 1.53. The summed E-state index contributed by atoms with van der Waals surface area (Å²) in [5.74, 6) is 0.433. The fourth-order valence-corrected chi connectivity index (χ4v) is 3.77. The number of rotatable bonds is 6. The Morgan fingerprint density at radius 3 is 2.59 bits per heavy atom. The predicted molar refractivity (Wildman–Crippen MR) is 123 cm³/mol. The lowest BCUT2D eigenvalue weighted by Crippen LogP contribution is -2.06. The third-order valence-electron chi connectivity index (χ3n) is 4.85. The van der Waals surface area contributed by atoms with Gasteiger partial charge < -0.3 is 14.2 Å². The zero-order valence-electron chi connectivity index (χ0n) is 17.4. The molecular formula is C25H19BrFNO4. The Hall–Kier alpha value is -3.45. The molecule has 0 saturated heterocycles. The van der Waals surface area contributed by atoms with Crippen LogP contribution in [-0.4, -0.2) is 19.0 Å². The molecule has 0 unspecified atom stereocenters. The van der Waals surface area contributed by atoms with Gasteiger partial charge in [-0.2, -0.15) is 0 Å². The number of nitrogens with zero attached hydrogens (tertiary/aromatic N) is 1.